The number of aromatic nitrogens is 1. The summed E-state index contributed by atoms with van der Waals surface area (Å²) >= 11 is 0. The summed E-state index contributed by atoms with van der Waals surface area (Å²) in [5.41, 5.74) is 1.71. The van der Waals surface area contributed by atoms with Crippen LogP contribution in [0.5, 0.6) is 0 Å². The van der Waals surface area contributed by atoms with Gasteiger partial charge in [-0.3, -0.25) is 4.79 Å². The molecule has 0 bridgehead atoms. The number of benzene rings is 1. The van der Waals surface area contributed by atoms with Crippen LogP contribution in [0.3, 0.4) is 0 Å². The van der Waals surface area contributed by atoms with Crippen molar-refractivity contribution in [2.24, 2.45) is 5.92 Å². The number of nitrogens with zero attached hydrogens (tertiary/aromatic N) is 2. The van der Waals surface area contributed by atoms with E-state index in [-0.39, 0.29) is 11.8 Å². The molecule has 1 amide bonds. The Kier molecular flexibility index (Phi) is 4.38. The number of hydrogen-bond donors (Lipinski definition) is 2. The average molecular weight is 328 g/mol. The van der Waals surface area contributed by atoms with Crippen molar-refractivity contribution in [2.45, 2.75) is 31.7 Å². The summed E-state index contributed by atoms with van der Waals surface area (Å²) in [5, 5.41) is 6.56. The van der Waals surface area contributed by atoms with Gasteiger partial charge < -0.3 is 20.0 Å². The number of para-hydroxylation sites is 2. The second kappa shape index (κ2) is 6.81. The lowest BCUT2D eigenvalue weighted by Gasteiger charge is -2.32. The van der Waals surface area contributed by atoms with Crippen molar-refractivity contribution >= 4 is 23.0 Å². The number of oxazole rings is 1. The van der Waals surface area contributed by atoms with Gasteiger partial charge >= 0.3 is 0 Å². The van der Waals surface area contributed by atoms with Crippen LogP contribution in [0.15, 0.2) is 28.7 Å². The zero-order valence-corrected chi connectivity index (χ0v) is 13.8. The van der Waals surface area contributed by atoms with Crippen LogP contribution in [0.2, 0.25) is 0 Å². The molecule has 128 valence electrons. The maximum Gasteiger partial charge on any atom is 0.298 e. The first-order chi connectivity index (χ1) is 11.8. The summed E-state index contributed by atoms with van der Waals surface area (Å²) in [7, 11) is 0. The fourth-order valence-electron chi connectivity index (χ4n) is 3.61. The largest absolute Gasteiger partial charge is 0.423 e. The number of rotatable bonds is 3. The number of fused-ring (bicyclic) bond motifs is 1. The first-order valence-corrected chi connectivity index (χ1v) is 8.91. The van der Waals surface area contributed by atoms with E-state index in [2.05, 4.69) is 20.5 Å². The Balaban J connectivity index is 1.33. The molecule has 3 heterocycles. The van der Waals surface area contributed by atoms with Crippen LogP contribution < -0.4 is 15.5 Å². The van der Waals surface area contributed by atoms with Crippen molar-refractivity contribution in [3.05, 3.63) is 24.3 Å². The molecule has 2 aliphatic heterocycles. The Labute approximate surface area is 141 Å². The maximum absolute atomic E-state index is 12.5. The van der Waals surface area contributed by atoms with Gasteiger partial charge in [0.1, 0.15) is 5.52 Å². The minimum absolute atomic E-state index is 0.112. The quantitative estimate of drug-likeness (QED) is 0.901. The summed E-state index contributed by atoms with van der Waals surface area (Å²) in [6.07, 6.45) is 3.78. The molecule has 0 saturated carbocycles. The zero-order chi connectivity index (χ0) is 16.4. The summed E-state index contributed by atoms with van der Waals surface area (Å²) in [6, 6.07) is 8.83. The van der Waals surface area contributed by atoms with Crippen molar-refractivity contribution in [1.29, 1.82) is 0 Å². The van der Waals surface area contributed by atoms with Crippen molar-refractivity contribution in [2.75, 3.05) is 31.1 Å². The van der Waals surface area contributed by atoms with E-state index in [0.717, 1.165) is 63.0 Å². The van der Waals surface area contributed by atoms with Crippen LogP contribution >= 0.6 is 0 Å². The third kappa shape index (κ3) is 3.24. The van der Waals surface area contributed by atoms with Gasteiger partial charge in [-0.05, 0) is 50.9 Å². The zero-order valence-electron chi connectivity index (χ0n) is 13.8. The molecule has 6 nitrogen and oxygen atoms in total. The van der Waals surface area contributed by atoms with E-state index in [9.17, 15) is 4.79 Å². The highest BCUT2D eigenvalue weighted by Gasteiger charge is 2.28. The SMILES string of the molecule is O=C(NC1CCNCC1)C1CCN(c2nc3ccccc3o2)CC1. The van der Waals surface area contributed by atoms with Crippen molar-refractivity contribution in [3.63, 3.8) is 0 Å². The summed E-state index contributed by atoms with van der Waals surface area (Å²) in [5.74, 6) is 0.333. The predicted octanol–water partition coefficient (Wildman–Crippen LogP) is 1.91. The molecule has 2 saturated heterocycles. The van der Waals surface area contributed by atoms with Crippen LogP contribution in [0.25, 0.3) is 11.1 Å². The summed E-state index contributed by atoms with van der Waals surface area (Å²) < 4.78 is 5.83. The number of carbonyl (C=O) groups is 1. The van der Waals surface area contributed by atoms with Crippen LogP contribution in [-0.4, -0.2) is 43.1 Å². The monoisotopic (exact) mass is 328 g/mol. The van der Waals surface area contributed by atoms with Crippen LogP contribution in [0, 0.1) is 5.92 Å². The number of hydrogen-bond acceptors (Lipinski definition) is 5. The molecule has 2 fully saturated rings. The molecule has 6 heteroatoms. The van der Waals surface area contributed by atoms with Gasteiger partial charge in [0.2, 0.25) is 5.91 Å². The van der Waals surface area contributed by atoms with Gasteiger partial charge in [0, 0.05) is 25.0 Å². The highest BCUT2D eigenvalue weighted by molar-refractivity contribution is 5.79. The Hall–Kier alpha value is -2.08. The predicted molar refractivity (Wildman–Crippen MR) is 93.0 cm³/mol. The van der Waals surface area contributed by atoms with Gasteiger partial charge in [0.15, 0.2) is 5.58 Å². The Morgan fingerprint density at radius 3 is 2.67 bits per heavy atom. The van der Waals surface area contributed by atoms with Gasteiger partial charge in [0.05, 0.1) is 0 Å². The molecule has 2 N–H and O–H groups in total. The van der Waals surface area contributed by atoms with E-state index in [1.807, 2.05) is 24.3 Å². The Bertz CT molecular complexity index is 667. The fraction of sp³-hybridized carbons (Fsp3) is 0.556. The Morgan fingerprint density at radius 1 is 1.17 bits per heavy atom. The lowest BCUT2D eigenvalue weighted by molar-refractivity contribution is -0.126. The second-order valence-electron chi connectivity index (χ2n) is 6.76. The first-order valence-electron chi connectivity index (χ1n) is 8.91. The van der Waals surface area contributed by atoms with E-state index in [0.29, 0.717) is 12.1 Å². The third-order valence-electron chi connectivity index (χ3n) is 5.10. The third-order valence-corrected chi connectivity index (χ3v) is 5.10. The lowest BCUT2D eigenvalue weighted by atomic mass is 9.95. The van der Waals surface area contributed by atoms with Crippen molar-refractivity contribution < 1.29 is 9.21 Å². The Morgan fingerprint density at radius 2 is 1.92 bits per heavy atom. The molecule has 0 spiro atoms. The van der Waals surface area contributed by atoms with Crippen LogP contribution in [0.4, 0.5) is 6.01 Å². The molecular weight excluding hydrogens is 304 g/mol. The molecule has 1 aromatic carbocycles. The second-order valence-corrected chi connectivity index (χ2v) is 6.76. The fourth-order valence-corrected chi connectivity index (χ4v) is 3.61. The van der Waals surface area contributed by atoms with E-state index in [4.69, 9.17) is 4.42 Å². The van der Waals surface area contributed by atoms with Gasteiger partial charge in [-0.1, -0.05) is 12.1 Å². The van der Waals surface area contributed by atoms with Gasteiger partial charge in [-0.25, -0.2) is 0 Å². The molecule has 4 rings (SSSR count). The molecule has 24 heavy (non-hydrogen) atoms. The minimum atomic E-state index is 0.112. The van der Waals surface area contributed by atoms with Gasteiger partial charge in [0.25, 0.3) is 6.01 Å². The van der Waals surface area contributed by atoms with Crippen LogP contribution in [-0.2, 0) is 4.79 Å². The van der Waals surface area contributed by atoms with E-state index in [1.54, 1.807) is 0 Å². The molecule has 1 aromatic heterocycles. The maximum atomic E-state index is 12.5. The number of amides is 1. The molecule has 0 unspecified atom stereocenters. The summed E-state index contributed by atoms with van der Waals surface area (Å²) in [4.78, 5) is 19.2. The smallest absolute Gasteiger partial charge is 0.298 e. The van der Waals surface area contributed by atoms with E-state index in [1.165, 1.54) is 0 Å². The van der Waals surface area contributed by atoms with E-state index >= 15 is 0 Å². The minimum Gasteiger partial charge on any atom is -0.423 e. The standard InChI is InChI=1S/C18H24N4O2/c23-17(20-14-5-9-19-10-6-14)13-7-11-22(12-8-13)18-21-15-3-1-2-4-16(15)24-18/h1-4,13-14,19H,5-12H2,(H,20,23). The molecular formula is C18H24N4O2. The lowest BCUT2D eigenvalue weighted by Crippen LogP contribution is -2.47. The van der Waals surface area contributed by atoms with Crippen LogP contribution in [0.1, 0.15) is 25.7 Å². The molecule has 2 aliphatic rings. The first kappa shape index (κ1) is 15.4. The highest BCUT2D eigenvalue weighted by atomic mass is 16.4. The molecule has 0 aliphatic carbocycles. The van der Waals surface area contributed by atoms with E-state index < -0.39 is 0 Å². The number of piperidine rings is 2. The number of nitrogens with one attached hydrogen (secondary N) is 2. The molecule has 2 aromatic rings. The van der Waals surface area contributed by atoms with Crippen molar-refractivity contribution in [3.8, 4) is 0 Å². The molecule has 0 atom stereocenters. The average Bonchev–Trinajstić information content (AvgIpc) is 3.07. The number of anilines is 1. The van der Waals surface area contributed by atoms with Gasteiger partial charge in [-0.2, -0.15) is 4.98 Å². The normalized spacial score (nSPS) is 20.4. The highest BCUT2D eigenvalue weighted by Crippen LogP contribution is 2.26. The summed E-state index contributed by atoms with van der Waals surface area (Å²) in [6.45, 7) is 3.64. The topological polar surface area (TPSA) is 70.4 Å². The molecule has 0 radical (unpaired) electrons. The number of carbonyl (C=O) groups excluding carboxylic acids is 1. The van der Waals surface area contributed by atoms with Crippen molar-refractivity contribution in [1.82, 2.24) is 15.6 Å². The van der Waals surface area contributed by atoms with Gasteiger partial charge in [-0.15, -0.1) is 0 Å².